The van der Waals surface area contributed by atoms with Gasteiger partial charge in [0.2, 0.25) is 11.8 Å². The lowest BCUT2D eigenvalue weighted by Crippen LogP contribution is -2.46. The van der Waals surface area contributed by atoms with Crippen LogP contribution in [0.4, 0.5) is 4.39 Å². The largest absolute Gasteiger partial charge is 0.347 e. The van der Waals surface area contributed by atoms with E-state index in [0.29, 0.717) is 13.0 Å². The molecule has 1 aromatic carbocycles. The maximum absolute atomic E-state index is 13.5. The van der Waals surface area contributed by atoms with Gasteiger partial charge in [-0.25, -0.2) is 4.39 Å². The van der Waals surface area contributed by atoms with Crippen molar-refractivity contribution in [1.29, 1.82) is 0 Å². The second-order valence-electron chi connectivity index (χ2n) is 5.75. The zero-order chi connectivity index (χ0) is 15.7. The first-order valence-corrected chi connectivity index (χ1v) is 8.54. The number of hydrogen-bond acceptors (Lipinski definition) is 3. The summed E-state index contributed by atoms with van der Waals surface area (Å²) >= 11 is 1.68. The van der Waals surface area contributed by atoms with Crippen LogP contribution in [0.3, 0.4) is 0 Å². The van der Waals surface area contributed by atoms with Crippen molar-refractivity contribution in [3.8, 4) is 0 Å². The third-order valence-electron chi connectivity index (χ3n) is 4.29. The lowest BCUT2D eigenvalue weighted by Gasteiger charge is -2.29. The molecule has 2 unspecified atom stereocenters. The molecule has 0 aliphatic carbocycles. The number of benzene rings is 1. The standard InChI is InChI=1S/C16H19FN2O2S/c1-10(20)19-7-2-3-14(19)16(21)18-13-6-8-22-15-5-4-11(17)9-12(13)15/h4-5,9,13-14H,2-3,6-8H2,1H3,(H,18,21). The average Bonchev–Trinajstić information content (AvgIpc) is 2.97. The Balaban J connectivity index is 1.75. The number of likely N-dealkylation sites (tertiary alicyclic amines) is 1. The molecule has 4 nitrogen and oxygen atoms in total. The quantitative estimate of drug-likeness (QED) is 0.910. The summed E-state index contributed by atoms with van der Waals surface area (Å²) in [4.78, 5) is 26.8. The highest BCUT2D eigenvalue weighted by molar-refractivity contribution is 7.99. The van der Waals surface area contributed by atoms with Gasteiger partial charge >= 0.3 is 0 Å². The summed E-state index contributed by atoms with van der Waals surface area (Å²) in [5.41, 5.74) is 0.844. The number of amides is 2. The van der Waals surface area contributed by atoms with Gasteiger partial charge in [0, 0.05) is 24.1 Å². The number of thioether (sulfide) groups is 1. The first kappa shape index (κ1) is 15.3. The van der Waals surface area contributed by atoms with Crippen LogP contribution in [0.25, 0.3) is 0 Å². The predicted molar refractivity (Wildman–Crippen MR) is 83.0 cm³/mol. The van der Waals surface area contributed by atoms with E-state index in [0.717, 1.165) is 29.1 Å². The molecular formula is C16H19FN2O2S. The molecule has 0 aromatic heterocycles. The smallest absolute Gasteiger partial charge is 0.243 e. The van der Waals surface area contributed by atoms with E-state index in [2.05, 4.69) is 5.32 Å². The maximum Gasteiger partial charge on any atom is 0.243 e. The molecule has 0 saturated carbocycles. The number of halogens is 1. The van der Waals surface area contributed by atoms with Crippen LogP contribution in [0.2, 0.25) is 0 Å². The Hall–Kier alpha value is -1.56. The van der Waals surface area contributed by atoms with Crippen LogP contribution in [0, 0.1) is 5.82 Å². The van der Waals surface area contributed by atoms with Crippen molar-refractivity contribution in [3.05, 3.63) is 29.6 Å². The van der Waals surface area contributed by atoms with E-state index < -0.39 is 0 Å². The van der Waals surface area contributed by atoms with Gasteiger partial charge in [0.25, 0.3) is 0 Å². The molecule has 1 aromatic rings. The van der Waals surface area contributed by atoms with Crippen LogP contribution in [-0.4, -0.2) is 35.1 Å². The number of carbonyl (C=O) groups is 2. The van der Waals surface area contributed by atoms with E-state index in [9.17, 15) is 14.0 Å². The van der Waals surface area contributed by atoms with Crippen LogP contribution in [0.15, 0.2) is 23.1 Å². The highest BCUT2D eigenvalue weighted by Gasteiger charge is 2.34. The Kier molecular flexibility index (Phi) is 4.38. The maximum atomic E-state index is 13.5. The summed E-state index contributed by atoms with van der Waals surface area (Å²) in [6, 6.07) is 4.16. The van der Waals surface area contributed by atoms with Crippen molar-refractivity contribution >= 4 is 23.6 Å². The molecule has 1 N–H and O–H groups in total. The topological polar surface area (TPSA) is 49.4 Å². The molecule has 1 fully saturated rings. The van der Waals surface area contributed by atoms with Gasteiger partial charge < -0.3 is 10.2 Å². The van der Waals surface area contributed by atoms with Crippen molar-refractivity contribution < 1.29 is 14.0 Å². The minimum absolute atomic E-state index is 0.0664. The van der Waals surface area contributed by atoms with E-state index in [4.69, 9.17) is 0 Å². The van der Waals surface area contributed by atoms with Gasteiger partial charge in [-0.15, -0.1) is 11.8 Å². The monoisotopic (exact) mass is 322 g/mol. The minimum atomic E-state index is -0.385. The number of rotatable bonds is 2. The average molecular weight is 322 g/mol. The van der Waals surface area contributed by atoms with E-state index in [1.165, 1.54) is 19.1 Å². The second kappa shape index (κ2) is 6.28. The van der Waals surface area contributed by atoms with Crippen molar-refractivity contribution in [2.75, 3.05) is 12.3 Å². The Morgan fingerprint density at radius 2 is 2.18 bits per heavy atom. The number of hydrogen-bond donors (Lipinski definition) is 1. The molecule has 2 aliphatic heterocycles. The van der Waals surface area contributed by atoms with Crippen LogP contribution in [0.5, 0.6) is 0 Å². The zero-order valence-electron chi connectivity index (χ0n) is 12.5. The van der Waals surface area contributed by atoms with Crippen LogP contribution in [-0.2, 0) is 9.59 Å². The van der Waals surface area contributed by atoms with Crippen molar-refractivity contribution in [2.45, 2.75) is 43.2 Å². The fraction of sp³-hybridized carbons (Fsp3) is 0.500. The summed E-state index contributed by atoms with van der Waals surface area (Å²) in [5, 5.41) is 3.02. The molecule has 2 aliphatic rings. The molecule has 2 amide bonds. The van der Waals surface area contributed by atoms with Crippen LogP contribution in [0.1, 0.15) is 37.8 Å². The van der Waals surface area contributed by atoms with Gasteiger partial charge in [0.15, 0.2) is 0 Å². The Labute approximate surface area is 133 Å². The first-order chi connectivity index (χ1) is 10.6. The molecule has 0 spiro atoms. The fourth-order valence-electron chi connectivity index (χ4n) is 3.20. The van der Waals surface area contributed by atoms with Crippen molar-refractivity contribution in [2.24, 2.45) is 0 Å². The summed E-state index contributed by atoms with van der Waals surface area (Å²) in [6.07, 6.45) is 2.33. The van der Waals surface area contributed by atoms with E-state index in [1.54, 1.807) is 22.7 Å². The second-order valence-corrected chi connectivity index (χ2v) is 6.89. The van der Waals surface area contributed by atoms with Gasteiger partial charge in [-0.1, -0.05) is 0 Å². The van der Waals surface area contributed by atoms with Crippen molar-refractivity contribution in [3.63, 3.8) is 0 Å². The molecule has 2 atom stereocenters. The third kappa shape index (κ3) is 2.97. The SMILES string of the molecule is CC(=O)N1CCCC1C(=O)NC1CCSc2ccc(F)cc21. The molecule has 6 heteroatoms. The summed E-state index contributed by atoms with van der Waals surface area (Å²) in [6.45, 7) is 2.13. The van der Waals surface area contributed by atoms with E-state index >= 15 is 0 Å². The minimum Gasteiger partial charge on any atom is -0.347 e. The van der Waals surface area contributed by atoms with Gasteiger partial charge in [-0.2, -0.15) is 0 Å². The highest BCUT2D eigenvalue weighted by atomic mass is 32.2. The van der Waals surface area contributed by atoms with E-state index in [1.807, 2.05) is 0 Å². The molecule has 1 saturated heterocycles. The molecular weight excluding hydrogens is 303 g/mol. The molecule has 2 heterocycles. The highest BCUT2D eigenvalue weighted by Crippen LogP contribution is 2.36. The molecule has 22 heavy (non-hydrogen) atoms. The summed E-state index contributed by atoms with van der Waals surface area (Å²) in [7, 11) is 0. The van der Waals surface area contributed by atoms with Gasteiger partial charge in [-0.05, 0) is 43.0 Å². The Bertz CT molecular complexity index is 608. The normalized spacial score (nSPS) is 24.0. The lowest BCUT2D eigenvalue weighted by atomic mass is 10.0. The first-order valence-electron chi connectivity index (χ1n) is 7.56. The number of carbonyl (C=O) groups excluding carboxylic acids is 2. The Morgan fingerprint density at radius 1 is 1.36 bits per heavy atom. The molecule has 3 rings (SSSR count). The molecule has 0 radical (unpaired) electrons. The van der Waals surface area contributed by atoms with Gasteiger partial charge in [0.1, 0.15) is 11.9 Å². The van der Waals surface area contributed by atoms with Crippen LogP contribution < -0.4 is 5.32 Å². The van der Waals surface area contributed by atoms with Gasteiger partial charge in [0.05, 0.1) is 6.04 Å². The van der Waals surface area contributed by atoms with Gasteiger partial charge in [-0.3, -0.25) is 9.59 Å². The zero-order valence-corrected chi connectivity index (χ0v) is 13.3. The third-order valence-corrected chi connectivity index (χ3v) is 5.41. The summed E-state index contributed by atoms with van der Waals surface area (Å²) in [5.74, 6) is 0.417. The van der Waals surface area contributed by atoms with E-state index in [-0.39, 0.29) is 29.7 Å². The number of nitrogens with one attached hydrogen (secondary N) is 1. The predicted octanol–water partition coefficient (Wildman–Crippen LogP) is 2.49. The Morgan fingerprint density at radius 3 is 2.95 bits per heavy atom. The molecule has 118 valence electrons. The van der Waals surface area contributed by atoms with Crippen LogP contribution >= 0.6 is 11.8 Å². The van der Waals surface area contributed by atoms with Crippen molar-refractivity contribution in [1.82, 2.24) is 10.2 Å². The summed E-state index contributed by atoms with van der Waals surface area (Å²) < 4.78 is 13.5. The number of fused-ring (bicyclic) bond motifs is 1. The molecule has 0 bridgehead atoms. The lowest BCUT2D eigenvalue weighted by molar-refractivity contribution is -0.137. The number of nitrogens with zero attached hydrogens (tertiary/aromatic N) is 1. The fourth-order valence-corrected chi connectivity index (χ4v) is 4.30.